The summed E-state index contributed by atoms with van der Waals surface area (Å²) in [5.41, 5.74) is 0.304. The van der Waals surface area contributed by atoms with Crippen LogP contribution >= 0.6 is 43.2 Å². The van der Waals surface area contributed by atoms with E-state index in [2.05, 4.69) is 46.9 Å². The summed E-state index contributed by atoms with van der Waals surface area (Å²) in [6.45, 7) is 2.50. The Labute approximate surface area is 114 Å². The fourth-order valence-electron chi connectivity index (χ4n) is 0.950. The largest absolute Gasteiger partial charge is 0.381 e. The van der Waals surface area contributed by atoms with Crippen molar-refractivity contribution in [1.29, 1.82) is 0 Å². The Morgan fingerprint density at radius 2 is 2.38 bits per heavy atom. The normalized spacial score (nSPS) is 14.6. The van der Waals surface area contributed by atoms with Crippen molar-refractivity contribution in [3.8, 4) is 0 Å². The van der Waals surface area contributed by atoms with E-state index in [4.69, 9.17) is 5.84 Å². The summed E-state index contributed by atoms with van der Waals surface area (Å²) in [5.74, 6) is 5.20. The fourth-order valence-corrected chi connectivity index (χ4v) is 3.32. The van der Waals surface area contributed by atoms with Gasteiger partial charge in [0.15, 0.2) is 3.92 Å². The lowest BCUT2D eigenvalue weighted by Gasteiger charge is -2.07. The van der Waals surface area contributed by atoms with Crippen molar-refractivity contribution in [1.82, 2.24) is 4.98 Å². The van der Waals surface area contributed by atoms with Crippen LogP contribution in [0.15, 0.2) is 18.6 Å². The minimum atomic E-state index is -0.918. The number of hydrogen-bond acceptors (Lipinski definition) is 6. The Morgan fingerprint density at radius 3 is 2.81 bits per heavy atom. The molecule has 3 N–H and O–H groups in total. The van der Waals surface area contributed by atoms with E-state index in [0.29, 0.717) is 25.7 Å². The number of hydrogen-bond donors (Lipinski definition) is 2. The standard InChI is InChI=1S/C8H10Br2N4OS/c1-2-12-3-4(14-11)5(15)6-7(9)13-8(10)16-6/h3,5,15H,2,11H2,1H3/b12-3?,14-4+. The van der Waals surface area contributed by atoms with Crippen LogP contribution in [0.4, 0.5) is 0 Å². The van der Waals surface area contributed by atoms with Crippen LogP contribution in [0.1, 0.15) is 17.9 Å². The van der Waals surface area contributed by atoms with Gasteiger partial charge in [0.05, 0.1) is 4.88 Å². The van der Waals surface area contributed by atoms with Crippen LogP contribution in [0.25, 0.3) is 0 Å². The molecule has 0 bridgehead atoms. The Kier molecular flexibility index (Phi) is 5.53. The number of aliphatic imine (C=N–C) groups is 1. The highest BCUT2D eigenvalue weighted by atomic mass is 79.9. The molecule has 0 saturated carbocycles. The Balaban J connectivity index is 2.96. The third-order valence-electron chi connectivity index (χ3n) is 1.67. The molecular weight excluding hydrogens is 360 g/mol. The molecule has 1 rings (SSSR count). The summed E-state index contributed by atoms with van der Waals surface area (Å²) in [4.78, 5) is 8.71. The smallest absolute Gasteiger partial charge is 0.160 e. The van der Waals surface area contributed by atoms with Gasteiger partial charge in [0, 0.05) is 12.8 Å². The average molecular weight is 370 g/mol. The highest BCUT2D eigenvalue weighted by Gasteiger charge is 2.20. The SMILES string of the molecule is CCN=C/C(=N\N)C(O)c1sc(Br)nc1Br. The third kappa shape index (κ3) is 3.34. The van der Waals surface area contributed by atoms with Crippen LogP contribution < -0.4 is 5.84 Å². The molecule has 16 heavy (non-hydrogen) atoms. The number of thiazole rings is 1. The van der Waals surface area contributed by atoms with Gasteiger partial charge in [0.2, 0.25) is 0 Å². The van der Waals surface area contributed by atoms with Gasteiger partial charge in [-0.15, -0.1) is 11.3 Å². The number of aromatic nitrogens is 1. The van der Waals surface area contributed by atoms with Gasteiger partial charge in [-0.3, -0.25) is 4.99 Å². The number of halogens is 2. The first-order chi connectivity index (χ1) is 7.60. The topological polar surface area (TPSA) is 83.9 Å². The van der Waals surface area contributed by atoms with Crippen LogP contribution in [0, 0.1) is 0 Å². The van der Waals surface area contributed by atoms with E-state index in [1.807, 2.05) is 6.92 Å². The van der Waals surface area contributed by atoms with Crippen LogP contribution in [0.2, 0.25) is 0 Å². The molecular formula is C8H10Br2N4OS. The summed E-state index contributed by atoms with van der Waals surface area (Å²) in [6.07, 6.45) is 0.545. The molecule has 1 aromatic rings. The van der Waals surface area contributed by atoms with Gasteiger partial charge in [-0.1, -0.05) is 0 Å². The predicted octanol–water partition coefficient (Wildman–Crippen LogP) is 2.11. The van der Waals surface area contributed by atoms with E-state index in [-0.39, 0.29) is 0 Å². The molecule has 0 aliphatic heterocycles. The van der Waals surface area contributed by atoms with Crippen LogP contribution in [0.3, 0.4) is 0 Å². The van der Waals surface area contributed by atoms with Gasteiger partial charge >= 0.3 is 0 Å². The molecule has 8 heteroatoms. The number of rotatable bonds is 4. The lowest BCUT2D eigenvalue weighted by Crippen LogP contribution is -2.15. The van der Waals surface area contributed by atoms with Gasteiger partial charge < -0.3 is 10.9 Å². The van der Waals surface area contributed by atoms with Crippen molar-refractivity contribution in [3.63, 3.8) is 0 Å². The van der Waals surface area contributed by atoms with Gasteiger partial charge in [-0.05, 0) is 38.8 Å². The summed E-state index contributed by atoms with van der Waals surface area (Å²) < 4.78 is 1.25. The predicted molar refractivity (Wildman–Crippen MR) is 73.1 cm³/mol. The van der Waals surface area contributed by atoms with Gasteiger partial charge in [0.25, 0.3) is 0 Å². The number of nitrogens with two attached hydrogens (primary N) is 1. The number of aliphatic hydroxyl groups excluding tert-OH is 1. The number of hydrazone groups is 1. The molecule has 1 atom stereocenters. The maximum atomic E-state index is 10.0. The van der Waals surface area contributed by atoms with Crippen molar-refractivity contribution in [2.75, 3.05) is 6.54 Å². The Hall–Kier alpha value is -0.310. The monoisotopic (exact) mass is 368 g/mol. The molecule has 0 fully saturated rings. The third-order valence-corrected chi connectivity index (χ3v) is 4.09. The molecule has 1 heterocycles. The molecule has 5 nitrogen and oxygen atoms in total. The van der Waals surface area contributed by atoms with Gasteiger partial charge in [0.1, 0.15) is 16.4 Å². The number of aliphatic hydroxyl groups is 1. The zero-order chi connectivity index (χ0) is 12.1. The van der Waals surface area contributed by atoms with E-state index in [1.165, 1.54) is 17.6 Å². The second-order valence-electron chi connectivity index (χ2n) is 2.71. The zero-order valence-corrected chi connectivity index (χ0v) is 12.4. The fraction of sp³-hybridized carbons (Fsp3) is 0.375. The van der Waals surface area contributed by atoms with Crippen molar-refractivity contribution >= 4 is 55.1 Å². The first-order valence-electron chi connectivity index (χ1n) is 4.37. The minimum absolute atomic E-state index is 0.304. The molecule has 0 radical (unpaired) electrons. The van der Waals surface area contributed by atoms with E-state index in [0.717, 1.165) is 0 Å². The van der Waals surface area contributed by atoms with Gasteiger partial charge in [-0.2, -0.15) is 5.10 Å². The second kappa shape index (κ2) is 6.43. The lowest BCUT2D eigenvalue weighted by molar-refractivity contribution is 0.252. The maximum absolute atomic E-state index is 10.0. The summed E-state index contributed by atoms with van der Waals surface area (Å²) in [6, 6.07) is 0. The summed E-state index contributed by atoms with van der Waals surface area (Å²) >= 11 is 7.80. The second-order valence-corrected chi connectivity index (χ2v) is 5.76. The highest BCUT2D eigenvalue weighted by molar-refractivity contribution is 9.11. The van der Waals surface area contributed by atoms with Crippen molar-refractivity contribution in [2.45, 2.75) is 13.0 Å². The van der Waals surface area contributed by atoms with E-state index < -0.39 is 6.10 Å². The van der Waals surface area contributed by atoms with E-state index >= 15 is 0 Å². The van der Waals surface area contributed by atoms with Crippen molar-refractivity contribution < 1.29 is 5.11 Å². The molecule has 0 spiro atoms. The average Bonchev–Trinajstić information content (AvgIpc) is 2.58. The summed E-state index contributed by atoms with van der Waals surface area (Å²) in [5, 5.41) is 13.5. The molecule has 0 aromatic carbocycles. The van der Waals surface area contributed by atoms with Gasteiger partial charge in [-0.25, -0.2) is 4.98 Å². The van der Waals surface area contributed by atoms with Crippen molar-refractivity contribution in [3.05, 3.63) is 13.4 Å². The lowest BCUT2D eigenvalue weighted by atomic mass is 10.2. The molecule has 1 aromatic heterocycles. The van der Waals surface area contributed by atoms with Crippen molar-refractivity contribution in [2.24, 2.45) is 15.9 Å². The number of nitrogens with zero attached hydrogens (tertiary/aromatic N) is 3. The zero-order valence-electron chi connectivity index (χ0n) is 8.39. The summed E-state index contributed by atoms with van der Waals surface area (Å²) in [7, 11) is 0. The molecule has 88 valence electrons. The quantitative estimate of drug-likeness (QED) is 0.484. The van der Waals surface area contributed by atoms with Crippen LogP contribution in [-0.4, -0.2) is 28.6 Å². The Morgan fingerprint density at radius 1 is 1.69 bits per heavy atom. The minimum Gasteiger partial charge on any atom is -0.381 e. The molecule has 1 unspecified atom stereocenters. The first-order valence-corrected chi connectivity index (χ1v) is 6.77. The first kappa shape index (κ1) is 13.8. The highest BCUT2D eigenvalue weighted by Crippen LogP contribution is 2.32. The van der Waals surface area contributed by atoms with Crippen LogP contribution in [0.5, 0.6) is 0 Å². The van der Waals surface area contributed by atoms with E-state index in [9.17, 15) is 5.11 Å². The molecule has 0 amide bonds. The Bertz CT molecular complexity index is 418. The van der Waals surface area contributed by atoms with E-state index in [1.54, 1.807) is 0 Å². The molecule has 0 aliphatic carbocycles. The molecule has 0 saturated heterocycles. The van der Waals surface area contributed by atoms with Crippen LogP contribution in [-0.2, 0) is 0 Å². The maximum Gasteiger partial charge on any atom is 0.160 e. The molecule has 0 aliphatic rings.